The summed E-state index contributed by atoms with van der Waals surface area (Å²) in [6.07, 6.45) is 0.0722. The fraction of sp³-hybridized carbons (Fsp3) is 0.111. The highest BCUT2D eigenvalue weighted by molar-refractivity contribution is 9.10. The van der Waals surface area contributed by atoms with Gasteiger partial charge in [-0.2, -0.15) is 5.26 Å². The first-order valence-electron chi connectivity index (χ1n) is 3.52. The maximum absolute atomic E-state index is 10.6. The lowest BCUT2D eigenvalue weighted by atomic mass is 10.1. The number of benzene rings is 1. The van der Waals surface area contributed by atoms with E-state index >= 15 is 0 Å². The van der Waals surface area contributed by atoms with E-state index in [1.807, 2.05) is 6.07 Å². The highest BCUT2D eigenvalue weighted by Crippen LogP contribution is 2.16. The van der Waals surface area contributed by atoms with Gasteiger partial charge in [-0.1, -0.05) is 22.0 Å². The monoisotopic (exact) mass is 238 g/mol. The molecule has 13 heavy (non-hydrogen) atoms. The van der Waals surface area contributed by atoms with Gasteiger partial charge in [0.15, 0.2) is 0 Å². The number of carbonyl (C=O) groups excluding carboxylic acids is 1. The molecule has 0 spiro atoms. The van der Waals surface area contributed by atoms with Crippen molar-refractivity contribution in [1.29, 1.82) is 5.26 Å². The molecule has 0 heterocycles. The van der Waals surface area contributed by atoms with Crippen molar-refractivity contribution in [1.82, 2.24) is 0 Å². The number of nitriles is 1. The van der Waals surface area contributed by atoms with Crippen LogP contribution >= 0.6 is 15.9 Å². The number of aromatic carboxylic acids is 1. The largest absolute Gasteiger partial charge is 0.545 e. The Morgan fingerprint density at radius 3 is 2.85 bits per heavy atom. The Hall–Kier alpha value is -1.34. The first-order chi connectivity index (χ1) is 6.15. The summed E-state index contributed by atoms with van der Waals surface area (Å²) in [7, 11) is 0. The van der Waals surface area contributed by atoms with E-state index in [1.165, 1.54) is 6.07 Å². The van der Waals surface area contributed by atoms with Crippen molar-refractivity contribution in [3.8, 4) is 6.07 Å². The van der Waals surface area contributed by atoms with Crippen molar-refractivity contribution in [3.63, 3.8) is 0 Å². The van der Waals surface area contributed by atoms with Crippen LogP contribution in [0.5, 0.6) is 0 Å². The minimum atomic E-state index is -1.25. The number of hydrogen-bond donors (Lipinski definition) is 0. The highest BCUT2D eigenvalue weighted by Gasteiger charge is 2.03. The maximum Gasteiger partial charge on any atom is 0.0718 e. The molecule has 0 fully saturated rings. The average molecular weight is 239 g/mol. The SMILES string of the molecule is N#CCc1cc(Br)ccc1C(=O)[O-]. The molecule has 0 aliphatic carbocycles. The molecule has 0 aliphatic heterocycles. The number of halogens is 1. The zero-order valence-corrected chi connectivity index (χ0v) is 8.17. The van der Waals surface area contributed by atoms with Crippen LogP contribution in [0.1, 0.15) is 15.9 Å². The van der Waals surface area contributed by atoms with Crippen LogP contribution in [0, 0.1) is 11.3 Å². The lowest BCUT2D eigenvalue weighted by Gasteiger charge is -2.07. The molecule has 66 valence electrons. The van der Waals surface area contributed by atoms with Crippen LogP contribution in [0.4, 0.5) is 0 Å². The van der Waals surface area contributed by atoms with Gasteiger partial charge in [0.1, 0.15) is 0 Å². The number of nitrogens with zero attached hydrogens (tertiary/aromatic N) is 1. The third-order valence-corrected chi connectivity index (χ3v) is 2.05. The van der Waals surface area contributed by atoms with Crippen LogP contribution in [0.3, 0.4) is 0 Å². The molecule has 0 unspecified atom stereocenters. The molecule has 3 nitrogen and oxygen atoms in total. The normalized spacial score (nSPS) is 9.23. The topological polar surface area (TPSA) is 63.9 Å². The number of carbonyl (C=O) groups is 1. The van der Waals surface area contributed by atoms with Gasteiger partial charge in [0.25, 0.3) is 0 Å². The molecule has 0 amide bonds. The molecular formula is C9H5BrNO2-. The van der Waals surface area contributed by atoms with Crippen molar-refractivity contribution >= 4 is 21.9 Å². The summed E-state index contributed by atoms with van der Waals surface area (Å²) in [4.78, 5) is 10.6. The van der Waals surface area contributed by atoms with E-state index < -0.39 is 5.97 Å². The van der Waals surface area contributed by atoms with Gasteiger partial charge in [-0.25, -0.2) is 0 Å². The van der Waals surface area contributed by atoms with Gasteiger partial charge in [0, 0.05) is 10.0 Å². The molecule has 0 saturated carbocycles. The van der Waals surface area contributed by atoms with Gasteiger partial charge >= 0.3 is 0 Å². The first kappa shape index (κ1) is 9.75. The number of carboxylic acid groups (broad SMARTS) is 1. The molecule has 0 atom stereocenters. The minimum absolute atomic E-state index is 0.0722. The average Bonchev–Trinajstić information content (AvgIpc) is 2.04. The number of hydrogen-bond acceptors (Lipinski definition) is 3. The van der Waals surface area contributed by atoms with Crippen LogP contribution in [-0.2, 0) is 6.42 Å². The Bertz CT molecular complexity index is 382. The zero-order valence-electron chi connectivity index (χ0n) is 6.58. The third-order valence-electron chi connectivity index (χ3n) is 1.56. The van der Waals surface area contributed by atoms with Crippen LogP contribution < -0.4 is 5.11 Å². The Morgan fingerprint density at radius 1 is 1.62 bits per heavy atom. The van der Waals surface area contributed by atoms with Gasteiger partial charge in [0.2, 0.25) is 0 Å². The highest BCUT2D eigenvalue weighted by atomic mass is 79.9. The summed E-state index contributed by atoms with van der Waals surface area (Å²) in [5.74, 6) is -1.25. The van der Waals surface area contributed by atoms with Crippen LogP contribution in [0.25, 0.3) is 0 Å². The second-order valence-corrected chi connectivity index (χ2v) is 3.34. The van der Waals surface area contributed by atoms with E-state index in [0.717, 1.165) is 4.47 Å². The van der Waals surface area contributed by atoms with Crippen molar-refractivity contribution in [2.75, 3.05) is 0 Å². The smallest absolute Gasteiger partial charge is 0.0718 e. The van der Waals surface area contributed by atoms with Gasteiger partial charge < -0.3 is 9.90 Å². The fourth-order valence-corrected chi connectivity index (χ4v) is 1.40. The Labute approximate surface area is 83.7 Å². The first-order valence-corrected chi connectivity index (χ1v) is 4.31. The second kappa shape index (κ2) is 4.06. The Kier molecular flexibility index (Phi) is 3.04. The van der Waals surface area contributed by atoms with Crippen molar-refractivity contribution < 1.29 is 9.90 Å². The standard InChI is InChI=1S/C9H6BrNO2/c10-7-1-2-8(9(12)13)6(5-7)3-4-11/h1-2,5H,3H2,(H,12,13)/p-1. The van der Waals surface area contributed by atoms with E-state index in [0.29, 0.717) is 5.56 Å². The van der Waals surface area contributed by atoms with E-state index in [2.05, 4.69) is 15.9 Å². The lowest BCUT2D eigenvalue weighted by Crippen LogP contribution is -2.23. The van der Waals surface area contributed by atoms with E-state index in [-0.39, 0.29) is 12.0 Å². The van der Waals surface area contributed by atoms with E-state index in [9.17, 15) is 9.90 Å². The second-order valence-electron chi connectivity index (χ2n) is 2.42. The van der Waals surface area contributed by atoms with Gasteiger partial charge in [-0.15, -0.1) is 0 Å². The predicted octanol–water partition coefficient (Wildman–Crippen LogP) is 0.879. The number of carboxylic acids is 1. The quantitative estimate of drug-likeness (QED) is 0.769. The summed E-state index contributed by atoms with van der Waals surface area (Å²) in [5, 5.41) is 19.0. The van der Waals surface area contributed by atoms with Crippen molar-refractivity contribution in [2.24, 2.45) is 0 Å². The van der Waals surface area contributed by atoms with Crippen LogP contribution in [-0.4, -0.2) is 5.97 Å². The predicted molar refractivity (Wildman–Crippen MR) is 47.8 cm³/mol. The summed E-state index contributed by atoms with van der Waals surface area (Å²) in [6.45, 7) is 0. The molecule has 0 N–H and O–H groups in total. The van der Waals surface area contributed by atoms with Gasteiger partial charge in [-0.05, 0) is 17.7 Å². The Balaban J connectivity index is 3.20. The molecule has 0 saturated heterocycles. The molecule has 4 heteroatoms. The summed E-state index contributed by atoms with van der Waals surface area (Å²) in [6, 6.07) is 6.53. The van der Waals surface area contributed by atoms with Crippen molar-refractivity contribution in [3.05, 3.63) is 33.8 Å². The maximum atomic E-state index is 10.6. The van der Waals surface area contributed by atoms with Crippen LogP contribution in [0.2, 0.25) is 0 Å². The molecule has 0 aromatic heterocycles. The fourth-order valence-electron chi connectivity index (χ4n) is 0.993. The molecule has 1 aromatic carbocycles. The molecule has 0 radical (unpaired) electrons. The molecule has 1 aromatic rings. The van der Waals surface area contributed by atoms with Crippen LogP contribution in [0.15, 0.2) is 22.7 Å². The van der Waals surface area contributed by atoms with Gasteiger partial charge in [-0.3, -0.25) is 0 Å². The summed E-state index contributed by atoms with van der Waals surface area (Å²) in [5.41, 5.74) is 0.543. The molecular weight excluding hydrogens is 234 g/mol. The molecule has 0 bridgehead atoms. The summed E-state index contributed by atoms with van der Waals surface area (Å²) >= 11 is 3.19. The number of rotatable bonds is 2. The third kappa shape index (κ3) is 2.30. The minimum Gasteiger partial charge on any atom is -0.545 e. The molecule has 0 aliphatic rings. The van der Waals surface area contributed by atoms with E-state index in [4.69, 9.17) is 5.26 Å². The van der Waals surface area contributed by atoms with E-state index in [1.54, 1.807) is 12.1 Å². The van der Waals surface area contributed by atoms with Crippen molar-refractivity contribution in [2.45, 2.75) is 6.42 Å². The van der Waals surface area contributed by atoms with Gasteiger partial charge in [0.05, 0.1) is 18.5 Å². The lowest BCUT2D eigenvalue weighted by molar-refractivity contribution is -0.255. The zero-order chi connectivity index (χ0) is 9.84. The summed E-state index contributed by atoms with van der Waals surface area (Å²) < 4.78 is 0.753. The molecule has 1 rings (SSSR count). The Morgan fingerprint density at radius 2 is 2.31 bits per heavy atom.